The van der Waals surface area contributed by atoms with Gasteiger partial charge in [-0.2, -0.15) is 0 Å². The van der Waals surface area contributed by atoms with Gasteiger partial charge in [0.2, 0.25) is 11.8 Å². The Morgan fingerprint density at radius 3 is 2.12 bits per heavy atom. The lowest BCUT2D eigenvalue weighted by molar-refractivity contribution is -0.139. The van der Waals surface area contributed by atoms with E-state index in [1.807, 2.05) is 13.8 Å². The number of sulfonamides is 1. The maximum atomic E-state index is 14.1. The molecule has 1 N–H and O–H groups in total. The van der Waals surface area contributed by atoms with Crippen LogP contribution in [-0.2, 0) is 26.2 Å². The number of nitrogens with one attached hydrogen (secondary N) is 1. The number of hydrogen-bond acceptors (Lipinski definition) is 7. The van der Waals surface area contributed by atoms with Crippen molar-refractivity contribution in [1.82, 2.24) is 10.2 Å². The second-order valence-corrected chi connectivity index (χ2v) is 11.9. The van der Waals surface area contributed by atoms with Crippen molar-refractivity contribution in [1.29, 1.82) is 0 Å². The quantitative estimate of drug-likeness (QED) is 0.251. The zero-order valence-electron chi connectivity index (χ0n) is 25.6. The molecule has 0 heterocycles. The van der Waals surface area contributed by atoms with Crippen molar-refractivity contribution in [2.45, 2.75) is 51.1 Å². The monoisotopic (exact) mass is 611 g/mol. The zero-order chi connectivity index (χ0) is 31.6. The number of ether oxygens (including phenoxy) is 3. The summed E-state index contributed by atoms with van der Waals surface area (Å²) < 4.78 is 45.1. The van der Waals surface area contributed by atoms with Crippen molar-refractivity contribution < 1.29 is 32.2 Å². The number of benzene rings is 3. The average molecular weight is 612 g/mol. The minimum Gasteiger partial charge on any atom is -0.497 e. The fraction of sp³-hybridized carbons (Fsp3) is 0.375. The van der Waals surface area contributed by atoms with Gasteiger partial charge in [0, 0.05) is 19.2 Å². The van der Waals surface area contributed by atoms with Gasteiger partial charge in [0.15, 0.2) is 11.5 Å². The van der Waals surface area contributed by atoms with Gasteiger partial charge >= 0.3 is 0 Å². The Labute approximate surface area is 254 Å². The fourth-order valence-electron chi connectivity index (χ4n) is 4.39. The van der Waals surface area contributed by atoms with E-state index in [0.717, 1.165) is 28.3 Å². The molecule has 0 spiro atoms. The summed E-state index contributed by atoms with van der Waals surface area (Å²) in [6.07, 6.45) is 1.70. The van der Waals surface area contributed by atoms with Crippen LogP contribution in [0.4, 0.5) is 5.69 Å². The number of carbonyl (C=O) groups excluding carboxylic acids is 2. The van der Waals surface area contributed by atoms with Gasteiger partial charge in [-0.05, 0) is 62.2 Å². The topological polar surface area (TPSA) is 114 Å². The molecular weight excluding hydrogens is 570 g/mol. The largest absolute Gasteiger partial charge is 0.497 e. The maximum Gasteiger partial charge on any atom is 0.264 e. The number of hydrogen-bond donors (Lipinski definition) is 1. The predicted molar refractivity (Wildman–Crippen MR) is 166 cm³/mol. The minimum absolute atomic E-state index is 0.0211. The highest BCUT2D eigenvalue weighted by molar-refractivity contribution is 7.92. The van der Waals surface area contributed by atoms with Crippen LogP contribution in [0.15, 0.2) is 71.6 Å². The number of rotatable bonds is 15. The molecule has 0 aromatic heterocycles. The van der Waals surface area contributed by atoms with E-state index in [1.165, 1.54) is 37.3 Å². The summed E-state index contributed by atoms with van der Waals surface area (Å²) in [5.74, 6) is 0.476. The molecule has 43 heavy (non-hydrogen) atoms. The summed E-state index contributed by atoms with van der Waals surface area (Å²) in [6, 6.07) is 17.3. The molecule has 0 bridgehead atoms. The Morgan fingerprint density at radius 1 is 0.884 bits per heavy atom. The van der Waals surface area contributed by atoms with Crippen LogP contribution in [0.2, 0.25) is 0 Å². The molecule has 3 aromatic carbocycles. The lowest BCUT2D eigenvalue weighted by Gasteiger charge is -2.32. The van der Waals surface area contributed by atoms with E-state index >= 15 is 0 Å². The molecule has 232 valence electrons. The first kappa shape index (κ1) is 33.3. The van der Waals surface area contributed by atoms with Gasteiger partial charge in [0.05, 0.1) is 31.9 Å². The number of nitrogens with zero attached hydrogens (tertiary/aromatic N) is 2. The molecule has 0 saturated heterocycles. The summed E-state index contributed by atoms with van der Waals surface area (Å²) in [6.45, 7) is 5.51. The number of carbonyl (C=O) groups is 2. The van der Waals surface area contributed by atoms with E-state index in [0.29, 0.717) is 23.8 Å². The average Bonchev–Trinajstić information content (AvgIpc) is 3.02. The second-order valence-electron chi connectivity index (χ2n) is 10.1. The Hall–Kier alpha value is -4.25. The second kappa shape index (κ2) is 15.3. The van der Waals surface area contributed by atoms with Crippen LogP contribution >= 0.6 is 0 Å². The molecule has 0 fully saturated rings. The smallest absolute Gasteiger partial charge is 0.264 e. The summed E-state index contributed by atoms with van der Waals surface area (Å²) in [5.41, 5.74) is 1.85. The lowest BCUT2D eigenvalue weighted by atomic mass is 10.1. The SMILES string of the molecule is CCCCNC(=O)[C@@H](C)N(Cc1ccc(OC)cc1)C(=O)CN(c1ccc(OC)c(OC)c1)S(=O)(=O)c1ccc(C)cc1. The van der Waals surface area contributed by atoms with Crippen molar-refractivity contribution in [3.63, 3.8) is 0 Å². The molecule has 0 aliphatic heterocycles. The third-order valence-electron chi connectivity index (χ3n) is 7.05. The van der Waals surface area contributed by atoms with E-state index in [4.69, 9.17) is 14.2 Å². The maximum absolute atomic E-state index is 14.1. The van der Waals surface area contributed by atoms with E-state index in [2.05, 4.69) is 5.32 Å². The number of anilines is 1. The zero-order valence-corrected chi connectivity index (χ0v) is 26.4. The van der Waals surface area contributed by atoms with Crippen LogP contribution in [0.5, 0.6) is 17.2 Å². The van der Waals surface area contributed by atoms with Crippen molar-refractivity contribution in [3.8, 4) is 17.2 Å². The number of aryl methyl sites for hydroxylation is 1. The molecule has 0 radical (unpaired) electrons. The Balaban J connectivity index is 2.05. The van der Waals surface area contributed by atoms with Crippen LogP contribution in [0.3, 0.4) is 0 Å². The number of unbranched alkanes of at least 4 members (excludes halogenated alkanes) is 1. The standard InChI is InChI=1S/C32H41N3O7S/c1-7-8-19-33-32(37)24(3)34(21-25-11-14-27(40-4)15-12-25)31(36)22-35(26-13-18-29(41-5)30(20-26)42-6)43(38,39)28-16-9-23(2)10-17-28/h9-18,20,24H,7-8,19,21-22H2,1-6H3,(H,33,37)/t24-/m1/s1. The summed E-state index contributed by atoms with van der Waals surface area (Å²) >= 11 is 0. The van der Waals surface area contributed by atoms with Crippen molar-refractivity contribution in [3.05, 3.63) is 77.9 Å². The van der Waals surface area contributed by atoms with E-state index in [9.17, 15) is 18.0 Å². The molecule has 3 aromatic rings. The van der Waals surface area contributed by atoms with Crippen LogP contribution in [-0.4, -0.2) is 65.6 Å². The molecule has 0 aliphatic rings. The first-order valence-electron chi connectivity index (χ1n) is 14.1. The molecule has 0 unspecified atom stereocenters. The molecule has 2 amide bonds. The van der Waals surface area contributed by atoms with Crippen molar-refractivity contribution >= 4 is 27.5 Å². The number of methoxy groups -OCH3 is 3. The van der Waals surface area contributed by atoms with Crippen molar-refractivity contribution in [2.75, 3.05) is 38.7 Å². The van der Waals surface area contributed by atoms with Gasteiger partial charge in [0.25, 0.3) is 10.0 Å². The van der Waals surface area contributed by atoms with Crippen LogP contribution in [0, 0.1) is 6.92 Å². The van der Waals surface area contributed by atoms with Crippen LogP contribution in [0.1, 0.15) is 37.8 Å². The van der Waals surface area contributed by atoms with Gasteiger partial charge in [-0.25, -0.2) is 8.42 Å². The molecule has 10 nitrogen and oxygen atoms in total. The van der Waals surface area contributed by atoms with Gasteiger partial charge in [0.1, 0.15) is 18.3 Å². The summed E-state index contributed by atoms with van der Waals surface area (Å²) in [4.78, 5) is 28.6. The fourth-order valence-corrected chi connectivity index (χ4v) is 5.80. The van der Waals surface area contributed by atoms with Crippen molar-refractivity contribution in [2.24, 2.45) is 0 Å². The van der Waals surface area contributed by atoms with E-state index in [-0.39, 0.29) is 23.0 Å². The first-order chi connectivity index (χ1) is 20.5. The van der Waals surface area contributed by atoms with E-state index < -0.39 is 28.5 Å². The third-order valence-corrected chi connectivity index (χ3v) is 8.84. The highest BCUT2D eigenvalue weighted by Gasteiger charge is 2.33. The normalized spacial score (nSPS) is 11.8. The molecule has 1 atom stereocenters. The number of amides is 2. The van der Waals surface area contributed by atoms with Gasteiger partial charge in [-0.1, -0.05) is 43.2 Å². The van der Waals surface area contributed by atoms with Gasteiger partial charge in [-0.3, -0.25) is 13.9 Å². The minimum atomic E-state index is -4.22. The molecule has 3 rings (SSSR count). The predicted octanol–water partition coefficient (Wildman–Crippen LogP) is 4.55. The Morgan fingerprint density at radius 2 is 1.53 bits per heavy atom. The highest BCUT2D eigenvalue weighted by Crippen LogP contribution is 2.34. The summed E-state index contributed by atoms with van der Waals surface area (Å²) in [7, 11) is 0.267. The first-order valence-corrected chi connectivity index (χ1v) is 15.5. The summed E-state index contributed by atoms with van der Waals surface area (Å²) in [5, 5.41) is 2.88. The van der Waals surface area contributed by atoms with Crippen LogP contribution < -0.4 is 23.8 Å². The molecule has 0 saturated carbocycles. The Bertz CT molecular complexity index is 1480. The molecular formula is C32H41N3O7S. The Kier molecular flexibility index (Phi) is 11.8. The van der Waals surface area contributed by atoms with Crippen LogP contribution in [0.25, 0.3) is 0 Å². The van der Waals surface area contributed by atoms with Gasteiger partial charge in [-0.15, -0.1) is 0 Å². The molecule has 0 aliphatic carbocycles. The third kappa shape index (κ3) is 8.41. The van der Waals surface area contributed by atoms with Gasteiger partial charge < -0.3 is 24.4 Å². The lowest BCUT2D eigenvalue weighted by Crippen LogP contribution is -2.51. The highest BCUT2D eigenvalue weighted by atomic mass is 32.2. The molecule has 11 heteroatoms. The van der Waals surface area contributed by atoms with E-state index in [1.54, 1.807) is 62.6 Å².